The summed E-state index contributed by atoms with van der Waals surface area (Å²) in [4.78, 5) is 14.7. The molecular weight excluding hydrogens is 406 g/mol. The highest BCUT2D eigenvalue weighted by Crippen LogP contribution is 2.32. The molecular formula is C21H24ClN5OS. The summed E-state index contributed by atoms with van der Waals surface area (Å²) in [6.45, 7) is 4.11. The number of halogens is 1. The third-order valence-corrected chi connectivity index (χ3v) is 5.85. The lowest BCUT2D eigenvalue weighted by Gasteiger charge is -2.31. The van der Waals surface area contributed by atoms with Crippen molar-refractivity contribution in [2.75, 3.05) is 17.2 Å². The van der Waals surface area contributed by atoms with Gasteiger partial charge in [-0.1, -0.05) is 47.2 Å². The van der Waals surface area contributed by atoms with Gasteiger partial charge in [0.05, 0.1) is 6.54 Å². The lowest BCUT2D eigenvalue weighted by molar-refractivity contribution is 0.0950. The summed E-state index contributed by atoms with van der Waals surface area (Å²) >= 11 is 1.34. The fraction of sp³-hybridized carbons (Fsp3) is 0.286. The first-order valence-electron chi connectivity index (χ1n) is 9.38. The number of fused-ring (bicyclic) bond motifs is 1. The van der Waals surface area contributed by atoms with E-state index in [4.69, 9.17) is 5.73 Å². The molecule has 0 atom stereocenters. The van der Waals surface area contributed by atoms with Gasteiger partial charge in [-0.05, 0) is 43.0 Å². The normalized spacial score (nSPS) is 12.8. The van der Waals surface area contributed by atoms with E-state index >= 15 is 0 Å². The summed E-state index contributed by atoms with van der Waals surface area (Å²) in [5.41, 5.74) is 11.6. The van der Waals surface area contributed by atoms with Crippen LogP contribution in [0.2, 0.25) is 0 Å². The van der Waals surface area contributed by atoms with E-state index in [1.165, 1.54) is 22.5 Å². The van der Waals surface area contributed by atoms with Crippen molar-refractivity contribution in [2.45, 2.75) is 32.9 Å². The lowest BCUT2D eigenvalue weighted by atomic mass is 10.00. The molecule has 8 heteroatoms. The Balaban J connectivity index is 0.00000240. The Kier molecular flexibility index (Phi) is 6.71. The number of nitrogens with two attached hydrogens (primary N) is 1. The van der Waals surface area contributed by atoms with Crippen LogP contribution in [0, 0.1) is 6.92 Å². The predicted octanol–water partition coefficient (Wildman–Crippen LogP) is 3.73. The fourth-order valence-corrected chi connectivity index (χ4v) is 4.20. The third kappa shape index (κ3) is 4.86. The molecule has 1 aliphatic rings. The molecule has 1 amide bonds. The minimum absolute atomic E-state index is 0. The average Bonchev–Trinajstić information content (AvgIpc) is 3.17. The smallest absolute Gasteiger partial charge is 0.282 e. The zero-order chi connectivity index (χ0) is 19.5. The molecule has 0 radical (unpaired) electrons. The van der Waals surface area contributed by atoms with Gasteiger partial charge in [-0.25, -0.2) is 0 Å². The van der Waals surface area contributed by atoms with E-state index < -0.39 is 0 Å². The van der Waals surface area contributed by atoms with Crippen molar-refractivity contribution < 1.29 is 4.79 Å². The Morgan fingerprint density at radius 3 is 2.79 bits per heavy atom. The van der Waals surface area contributed by atoms with Crippen LogP contribution in [0.3, 0.4) is 0 Å². The SMILES string of the molecule is Cc1ccc(CNC(=O)c2nnc(CN3CCCc4c(N)cccc43)s2)cc1.Cl. The molecule has 152 valence electrons. The molecule has 3 N–H and O–H groups in total. The summed E-state index contributed by atoms with van der Waals surface area (Å²) in [7, 11) is 0. The third-order valence-electron chi connectivity index (χ3n) is 4.94. The number of hydrogen-bond donors (Lipinski definition) is 2. The number of nitrogens with one attached hydrogen (secondary N) is 1. The summed E-state index contributed by atoms with van der Waals surface area (Å²) in [6, 6.07) is 14.1. The number of rotatable bonds is 5. The van der Waals surface area contributed by atoms with Crippen molar-refractivity contribution in [2.24, 2.45) is 0 Å². The molecule has 4 rings (SSSR count). The predicted molar refractivity (Wildman–Crippen MR) is 120 cm³/mol. The molecule has 0 spiro atoms. The van der Waals surface area contributed by atoms with Crippen molar-refractivity contribution >= 4 is 41.0 Å². The lowest BCUT2D eigenvalue weighted by Crippen LogP contribution is -2.29. The van der Waals surface area contributed by atoms with Gasteiger partial charge in [0, 0.05) is 24.5 Å². The minimum atomic E-state index is -0.187. The van der Waals surface area contributed by atoms with Crippen LogP contribution in [0.4, 0.5) is 11.4 Å². The van der Waals surface area contributed by atoms with Gasteiger partial charge in [0.15, 0.2) is 0 Å². The number of aryl methyl sites for hydroxylation is 1. The van der Waals surface area contributed by atoms with Gasteiger partial charge in [0.1, 0.15) is 5.01 Å². The number of benzene rings is 2. The van der Waals surface area contributed by atoms with E-state index in [0.29, 0.717) is 18.1 Å². The Morgan fingerprint density at radius 2 is 2.00 bits per heavy atom. The number of carbonyl (C=O) groups is 1. The number of anilines is 2. The van der Waals surface area contributed by atoms with Crippen LogP contribution in [0.5, 0.6) is 0 Å². The van der Waals surface area contributed by atoms with Crippen molar-refractivity contribution in [3.8, 4) is 0 Å². The molecule has 2 aromatic carbocycles. The first-order chi connectivity index (χ1) is 13.6. The Morgan fingerprint density at radius 1 is 1.21 bits per heavy atom. The van der Waals surface area contributed by atoms with Crippen LogP contribution < -0.4 is 16.0 Å². The van der Waals surface area contributed by atoms with Crippen LogP contribution in [0.1, 0.15) is 37.9 Å². The zero-order valence-corrected chi connectivity index (χ0v) is 17.9. The molecule has 1 aliphatic heterocycles. The first-order valence-corrected chi connectivity index (χ1v) is 10.2. The Hall–Kier alpha value is -2.64. The maximum absolute atomic E-state index is 12.4. The van der Waals surface area contributed by atoms with Crippen molar-refractivity contribution in [1.82, 2.24) is 15.5 Å². The largest absolute Gasteiger partial charge is 0.398 e. The molecule has 0 fully saturated rings. The van der Waals surface area contributed by atoms with Crippen LogP contribution in [-0.4, -0.2) is 22.6 Å². The van der Waals surface area contributed by atoms with Gasteiger partial charge in [0.25, 0.3) is 5.91 Å². The molecule has 29 heavy (non-hydrogen) atoms. The van der Waals surface area contributed by atoms with E-state index in [-0.39, 0.29) is 18.3 Å². The monoisotopic (exact) mass is 429 g/mol. The zero-order valence-electron chi connectivity index (χ0n) is 16.2. The quantitative estimate of drug-likeness (QED) is 0.603. The minimum Gasteiger partial charge on any atom is -0.398 e. The highest BCUT2D eigenvalue weighted by atomic mass is 35.5. The summed E-state index contributed by atoms with van der Waals surface area (Å²) < 4.78 is 0. The molecule has 6 nitrogen and oxygen atoms in total. The second kappa shape index (κ2) is 9.24. The first kappa shape index (κ1) is 21.1. The Labute approximate surface area is 180 Å². The van der Waals surface area contributed by atoms with Crippen molar-refractivity contribution in [3.05, 3.63) is 69.2 Å². The Bertz CT molecular complexity index is 989. The fourth-order valence-electron chi connectivity index (χ4n) is 3.43. The molecule has 2 heterocycles. The summed E-state index contributed by atoms with van der Waals surface area (Å²) in [6.07, 6.45) is 2.06. The van der Waals surface area contributed by atoms with Crippen LogP contribution in [0.25, 0.3) is 0 Å². The average molecular weight is 430 g/mol. The molecule has 0 unspecified atom stereocenters. The maximum atomic E-state index is 12.4. The summed E-state index contributed by atoms with van der Waals surface area (Å²) in [5.74, 6) is -0.187. The number of hydrogen-bond acceptors (Lipinski definition) is 6. The van der Waals surface area contributed by atoms with E-state index in [0.717, 1.165) is 41.3 Å². The van der Waals surface area contributed by atoms with Gasteiger partial charge >= 0.3 is 0 Å². The standard InChI is InChI=1S/C21H23N5OS.ClH/c1-14-7-9-15(10-8-14)12-23-20(27)21-25-24-19(28-21)13-26-11-3-4-16-17(22)5-2-6-18(16)26;/h2,5-10H,3-4,11-13,22H2,1H3,(H,23,27);1H. The van der Waals surface area contributed by atoms with Crippen molar-refractivity contribution in [3.63, 3.8) is 0 Å². The molecule has 1 aromatic heterocycles. The number of carbonyl (C=O) groups excluding carboxylic acids is 1. The van der Waals surface area contributed by atoms with Crippen LogP contribution >= 0.6 is 23.7 Å². The summed E-state index contributed by atoms with van der Waals surface area (Å²) in [5, 5.41) is 12.5. The van der Waals surface area contributed by atoms with E-state index in [9.17, 15) is 4.79 Å². The van der Waals surface area contributed by atoms with Gasteiger partial charge in [-0.3, -0.25) is 4.79 Å². The van der Waals surface area contributed by atoms with Gasteiger partial charge < -0.3 is 16.0 Å². The topological polar surface area (TPSA) is 84.1 Å². The molecule has 0 saturated heterocycles. The number of nitrogen functional groups attached to an aromatic ring is 1. The van der Waals surface area contributed by atoms with Gasteiger partial charge in [0.2, 0.25) is 5.01 Å². The second-order valence-corrected chi connectivity index (χ2v) is 8.10. The van der Waals surface area contributed by atoms with Crippen LogP contribution in [-0.2, 0) is 19.5 Å². The highest BCUT2D eigenvalue weighted by Gasteiger charge is 2.21. The molecule has 0 aliphatic carbocycles. The van der Waals surface area contributed by atoms with E-state index in [1.807, 2.05) is 43.3 Å². The second-order valence-electron chi connectivity index (χ2n) is 7.04. The van der Waals surface area contributed by atoms with Crippen molar-refractivity contribution in [1.29, 1.82) is 0 Å². The van der Waals surface area contributed by atoms with E-state index in [2.05, 4.69) is 26.5 Å². The maximum Gasteiger partial charge on any atom is 0.282 e. The number of nitrogens with zero attached hydrogens (tertiary/aromatic N) is 3. The molecule has 3 aromatic rings. The van der Waals surface area contributed by atoms with Gasteiger partial charge in [-0.15, -0.1) is 22.6 Å². The van der Waals surface area contributed by atoms with Crippen LogP contribution in [0.15, 0.2) is 42.5 Å². The van der Waals surface area contributed by atoms with Gasteiger partial charge in [-0.2, -0.15) is 0 Å². The highest BCUT2D eigenvalue weighted by molar-refractivity contribution is 7.13. The number of amides is 1. The van der Waals surface area contributed by atoms with E-state index in [1.54, 1.807) is 0 Å². The number of aromatic nitrogens is 2. The molecule has 0 saturated carbocycles. The molecule has 0 bridgehead atoms.